The predicted octanol–water partition coefficient (Wildman–Crippen LogP) is 4.88. The summed E-state index contributed by atoms with van der Waals surface area (Å²) in [5.41, 5.74) is 3.19. The van der Waals surface area contributed by atoms with E-state index in [1.54, 1.807) is 30.5 Å². The van der Waals surface area contributed by atoms with Crippen LogP contribution in [0.25, 0.3) is 11.0 Å². The summed E-state index contributed by atoms with van der Waals surface area (Å²) >= 11 is 0. The molecule has 0 atom stereocenters. The number of aromatic nitrogens is 3. The van der Waals surface area contributed by atoms with Crippen molar-refractivity contribution in [2.24, 2.45) is 0 Å². The molecule has 4 aromatic rings. The van der Waals surface area contributed by atoms with Crippen LogP contribution in [0.2, 0.25) is 0 Å². The van der Waals surface area contributed by atoms with E-state index in [9.17, 15) is 21.6 Å². The van der Waals surface area contributed by atoms with Gasteiger partial charge in [-0.05, 0) is 56.1 Å². The highest BCUT2D eigenvalue weighted by Gasteiger charge is 2.34. The number of H-pyrrole nitrogens is 1. The Labute approximate surface area is 276 Å². The van der Waals surface area contributed by atoms with E-state index >= 15 is 0 Å². The Morgan fingerprint density at radius 2 is 1.73 bits per heavy atom. The highest BCUT2D eigenvalue weighted by Crippen LogP contribution is 2.40. The summed E-state index contributed by atoms with van der Waals surface area (Å²) in [5.74, 6) is 0.216. The zero-order valence-electron chi connectivity index (χ0n) is 26.7. The zero-order chi connectivity index (χ0) is 33.6. The Kier molecular flexibility index (Phi) is 8.49. The van der Waals surface area contributed by atoms with Gasteiger partial charge in [-0.2, -0.15) is 9.97 Å². The third-order valence-corrected chi connectivity index (χ3v) is 10.5. The summed E-state index contributed by atoms with van der Waals surface area (Å²) in [6.07, 6.45) is 0.305. The first-order valence-corrected chi connectivity index (χ1v) is 17.8. The van der Waals surface area contributed by atoms with Crippen molar-refractivity contribution in [2.45, 2.75) is 31.7 Å². The molecule has 48 heavy (non-hydrogen) atoms. The summed E-state index contributed by atoms with van der Waals surface area (Å²) in [6, 6.07) is 12.4. The summed E-state index contributed by atoms with van der Waals surface area (Å²) in [7, 11) is -1.39. The number of para-hydroxylation sites is 1. The smallest absolute Gasteiger partial charge is 0.403 e. The Morgan fingerprint density at radius 1 is 0.958 bits per heavy atom. The third-order valence-electron chi connectivity index (χ3n) is 9.32. The van der Waals surface area contributed by atoms with Gasteiger partial charge in [0.1, 0.15) is 11.5 Å². The number of fused-ring (bicyclic) bond motifs is 2. The van der Waals surface area contributed by atoms with Crippen LogP contribution in [0.15, 0.2) is 48.7 Å². The molecule has 2 fully saturated rings. The molecule has 2 aromatic heterocycles. The largest absolute Gasteiger partial charge is 0.573 e. The maximum atomic E-state index is 13.6. The first-order valence-electron chi connectivity index (χ1n) is 16.0. The number of alkyl halides is 3. The Balaban J connectivity index is 1.14. The molecule has 7 rings (SSSR count). The lowest BCUT2D eigenvalue weighted by atomic mass is 10.0. The predicted molar refractivity (Wildman–Crippen MR) is 180 cm³/mol. The van der Waals surface area contributed by atoms with E-state index in [0.717, 1.165) is 44.6 Å². The molecule has 2 saturated heterocycles. The van der Waals surface area contributed by atoms with E-state index in [0.29, 0.717) is 71.7 Å². The minimum Gasteiger partial charge on any atom is -0.403 e. The minimum absolute atomic E-state index is 0.124. The van der Waals surface area contributed by atoms with Gasteiger partial charge in [0.15, 0.2) is 5.75 Å². The number of likely N-dealkylation sites (N-methyl/N-ethyl adjacent to an activating group) is 1. The molecule has 0 unspecified atom stereocenters. The Hall–Kier alpha value is -4.28. The summed E-state index contributed by atoms with van der Waals surface area (Å²) in [5, 5.41) is 6.98. The van der Waals surface area contributed by atoms with E-state index in [1.807, 2.05) is 17.0 Å². The second-order valence-electron chi connectivity index (χ2n) is 12.6. The number of ether oxygens (including phenoxy) is 1. The van der Waals surface area contributed by atoms with Crippen LogP contribution in [-0.4, -0.2) is 105 Å². The molecule has 0 radical (unpaired) electrons. The van der Waals surface area contributed by atoms with Crippen molar-refractivity contribution < 1.29 is 26.3 Å². The third kappa shape index (κ3) is 6.82. The molecular formula is C32H38F3N9O3S. The summed E-state index contributed by atoms with van der Waals surface area (Å²) in [4.78, 5) is 19.0. The second kappa shape index (κ2) is 12.6. The zero-order valence-corrected chi connectivity index (χ0v) is 27.5. The fraction of sp³-hybridized carbons (Fsp3) is 0.438. The van der Waals surface area contributed by atoms with Gasteiger partial charge in [-0.15, -0.1) is 13.2 Å². The molecule has 0 amide bonds. The fourth-order valence-corrected chi connectivity index (χ4v) is 7.89. The van der Waals surface area contributed by atoms with Gasteiger partial charge in [0, 0.05) is 69.8 Å². The van der Waals surface area contributed by atoms with E-state index in [-0.39, 0.29) is 11.7 Å². The second-order valence-corrected chi connectivity index (χ2v) is 14.5. The molecule has 3 N–H and O–H groups in total. The van der Waals surface area contributed by atoms with Crippen LogP contribution in [-0.2, 0) is 16.4 Å². The molecule has 12 nitrogen and oxygen atoms in total. The Bertz CT molecular complexity index is 1900. The van der Waals surface area contributed by atoms with E-state index in [2.05, 4.69) is 47.2 Å². The monoisotopic (exact) mass is 685 g/mol. The quantitative estimate of drug-likeness (QED) is 0.237. The van der Waals surface area contributed by atoms with Gasteiger partial charge in [0.05, 0.1) is 28.7 Å². The van der Waals surface area contributed by atoms with Crippen LogP contribution in [0.4, 0.5) is 47.7 Å². The molecule has 16 heteroatoms. The number of nitrogens with one attached hydrogen (secondary N) is 3. The molecule has 5 heterocycles. The maximum Gasteiger partial charge on any atom is 0.573 e. The fourth-order valence-electron chi connectivity index (χ4n) is 6.92. The first-order chi connectivity index (χ1) is 22.9. The van der Waals surface area contributed by atoms with Gasteiger partial charge in [0.25, 0.3) is 0 Å². The molecule has 2 aromatic carbocycles. The average Bonchev–Trinajstić information content (AvgIpc) is 3.70. The van der Waals surface area contributed by atoms with Crippen molar-refractivity contribution in [1.82, 2.24) is 24.8 Å². The highest BCUT2D eigenvalue weighted by atomic mass is 32.2. The topological polar surface area (TPSA) is 122 Å². The molecular weight excluding hydrogens is 647 g/mol. The number of aromatic amines is 1. The Morgan fingerprint density at radius 3 is 2.46 bits per heavy atom. The van der Waals surface area contributed by atoms with E-state index in [4.69, 9.17) is 0 Å². The normalized spacial score (nSPS) is 18.4. The van der Waals surface area contributed by atoms with Crippen molar-refractivity contribution in [3.8, 4) is 5.75 Å². The van der Waals surface area contributed by atoms with Crippen LogP contribution >= 0.6 is 0 Å². The molecule has 3 aliphatic heterocycles. The number of halogens is 3. The number of rotatable bonds is 8. The maximum absolute atomic E-state index is 13.6. The highest BCUT2D eigenvalue weighted by molar-refractivity contribution is 7.92. The van der Waals surface area contributed by atoms with Gasteiger partial charge >= 0.3 is 6.36 Å². The number of piperazine rings is 1. The van der Waals surface area contributed by atoms with Crippen LogP contribution < -0.4 is 24.6 Å². The number of anilines is 6. The standard InChI is InChI=1S/C32H38F3N9O3S/c1-41-16-18-42(19-17-41)23-10-13-43(14-11-23)26-7-6-22(20-27(26)47-32(33,34)35)37-31-39-29-24(8-12-36-29)30(40-31)38-25-5-3-4-21-9-15-44(28(21)25)48(2,45)46/h3-8,12,20,23H,9-11,13-19H2,1-2H3,(H3,36,37,38,39,40). The molecule has 0 saturated carbocycles. The summed E-state index contributed by atoms with van der Waals surface area (Å²) < 4.78 is 71.9. The number of nitrogens with zero attached hydrogens (tertiary/aromatic N) is 6. The van der Waals surface area contributed by atoms with Gasteiger partial charge in [-0.3, -0.25) is 9.21 Å². The van der Waals surface area contributed by atoms with Crippen LogP contribution in [0.5, 0.6) is 5.75 Å². The number of piperidine rings is 1. The molecule has 0 bridgehead atoms. The van der Waals surface area contributed by atoms with Gasteiger partial charge < -0.3 is 30.2 Å². The SMILES string of the molecule is CN1CCN(C2CCN(c3ccc(Nc4nc(Nc5cccc6c5N(S(C)(=O)=O)CC6)c5cc[nH]c5n4)cc3OC(F)(F)F)CC2)CC1. The van der Waals surface area contributed by atoms with Crippen LogP contribution in [0, 0.1) is 0 Å². The molecule has 0 aliphatic carbocycles. The van der Waals surface area contributed by atoms with Gasteiger partial charge in [-0.25, -0.2) is 8.42 Å². The number of sulfonamides is 1. The lowest BCUT2D eigenvalue weighted by Gasteiger charge is -2.42. The number of hydrogen-bond acceptors (Lipinski definition) is 10. The lowest BCUT2D eigenvalue weighted by molar-refractivity contribution is -0.274. The van der Waals surface area contributed by atoms with Crippen molar-refractivity contribution in [2.75, 3.05) is 79.0 Å². The summed E-state index contributed by atoms with van der Waals surface area (Å²) in [6.45, 7) is 5.64. The molecule has 256 valence electrons. The molecule has 0 spiro atoms. The molecule has 3 aliphatic rings. The van der Waals surface area contributed by atoms with Crippen LogP contribution in [0.3, 0.4) is 0 Å². The number of hydrogen-bond donors (Lipinski definition) is 3. The van der Waals surface area contributed by atoms with Crippen molar-refractivity contribution in [3.05, 3.63) is 54.2 Å². The lowest BCUT2D eigenvalue weighted by Crippen LogP contribution is -2.52. The van der Waals surface area contributed by atoms with Crippen LogP contribution in [0.1, 0.15) is 18.4 Å². The number of benzene rings is 2. The van der Waals surface area contributed by atoms with Crippen molar-refractivity contribution >= 4 is 55.6 Å². The van der Waals surface area contributed by atoms with Gasteiger partial charge in [0.2, 0.25) is 16.0 Å². The van der Waals surface area contributed by atoms with E-state index in [1.165, 1.54) is 16.6 Å². The van der Waals surface area contributed by atoms with Crippen molar-refractivity contribution in [3.63, 3.8) is 0 Å². The van der Waals surface area contributed by atoms with E-state index < -0.39 is 16.4 Å². The van der Waals surface area contributed by atoms with Crippen molar-refractivity contribution in [1.29, 1.82) is 0 Å². The first kappa shape index (κ1) is 32.3. The van der Waals surface area contributed by atoms with Gasteiger partial charge in [-0.1, -0.05) is 12.1 Å². The minimum atomic E-state index is -4.88. The average molecular weight is 686 g/mol.